The molecule has 0 aliphatic heterocycles. The first kappa shape index (κ1) is 99.7. The molecule has 0 rings (SSSR count). The Morgan fingerprint density at radius 2 is 0.500 bits per heavy atom. The number of esters is 4. The van der Waals surface area contributed by atoms with E-state index in [0.717, 1.165) is 167 Å². The molecule has 0 saturated heterocycles. The molecule has 0 aromatic heterocycles. The molecule has 0 aliphatic carbocycles. The molecule has 0 aliphatic rings. The van der Waals surface area contributed by atoms with Gasteiger partial charge in [-0.25, -0.2) is 9.13 Å². The van der Waals surface area contributed by atoms with E-state index in [1.807, 2.05) is 0 Å². The molecule has 0 fully saturated rings. The lowest BCUT2D eigenvalue weighted by atomic mass is 10.0. The molecule has 0 aromatic rings. The fraction of sp³-hybridized carbons (Fsp3) is 0.741. The number of ether oxygens (including phenoxy) is 4. The van der Waals surface area contributed by atoms with Crippen molar-refractivity contribution in [3.05, 3.63) is 109 Å². The predicted molar refractivity (Wildman–Crippen MR) is 427 cm³/mol. The predicted octanol–water partition coefficient (Wildman–Crippen LogP) is 24.1. The van der Waals surface area contributed by atoms with E-state index in [1.165, 1.54) is 103 Å². The van der Waals surface area contributed by atoms with Crippen molar-refractivity contribution < 1.29 is 80.2 Å². The van der Waals surface area contributed by atoms with Gasteiger partial charge in [0.2, 0.25) is 0 Å². The molecular formula is C85H148O17P2. The van der Waals surface area contributed by atoms with Crippen LogP contribution in [0.2, 0.25) is 0 Å². The summed E-state index contributed by atoms with van der Waals surface area (Å²) in [5.41, 5.74) is 0. The van der Waals surface area contributed by atoms with Crippen molar-refractivity contribution in [3.8, 4) is 0 Å². The Morgan fingerprint density at radius 1 is 0.279 bits per heavy atom. The summed E-state index contributed by atoms with van der Waals surface area (Å²) in [4.78, 5) is 73.1. The SMILES string of the molecule is CC/C=C\C/C=C\C/C=C\C/C=C\CCCCCCC(=O)OCC(COP(=O)(O)OCC(O)COP(=O)(O)OCC(COC(=O)CCCCCCC/C=C\CCCCCCCC)OC(=O)CCCCCCCCCCCCCCCCC)OC(=O)CCCCCC/C=C\C/C=C\C/C=C\C/C=C\CC. The molecule has 0 saturated carbocycles. The molecule has 0 radical (unpaired) electrons. The van der Waals surface area contributed by atoms with Gasteiger partial charge in [-0.3, -0.25) is 37.3 Å². The number of phosphoric acid groups is 2. The van der Waals surface area contributed by atoms with Crippen molar-refractivity contribution in [3.63, 3.8) is 0 Å². The van der Waals surface area contributed by atoms with E-state index in [2.05, 4.69) is 137 Å². The summed E-state index contributed by atoms with van der Waals surface area (Å²) >= 11 is 0. The molecule has 0 spiro atoms. The Kier molecular flexibility index (Phi) is 73.7. The molecule has 104 heavy (non-hydrogen) atoms. The number of unbranched alkanes of at least 4 members (excludes halogenated alkanes) is 33. The zero-order chi connectivity index (χ0) is 76.0. The average Bonchev–Trinajstić information content (AvgIpc) is 0.926. The Labute approximate surface area is 632 Å². The minimum atomic E-state index is -4.99. The number of aliphatic hydroxyl groups excluding tert-OH is 1. The Morgan fingerprint density at radius 3 is 0.779 bits per heavy atom. The van der Waals surface area contributed by atoms with Crippen LogP contribution in [0.1, 0.15) is 349 Å². The maximum absolute atomic E-state index is 13.1. The van der Waals surface area contributed by atoms with Gasteiger partial charge in [-0.15, -0.1) is 0 Å². The summed E-state index contributed by atoms with van der Waals surface area (Å²) in [6.45, 7) is 4.63. The second-order valence-electron chi connectivity index (χ2n) is 27.3. The highest BCUT2D eigenvalue weighted by Crippen LogP contribution is 2.45. The highest BCUT2D eigenvalue weighted by molar-refractivity contribution is 7.47. The molecule has 0 amide bonds. The first-order chi connectivity index (χ1) is 50.7. The highest BCUT2D eigenvalue weighted by atomic mass is 31.2. The van der Waals surface area contributed by atoms with Gasteiger partial charge in [0.1, 0.15) is 19.3 Å². The normalized spacial score (nSPS) is 14.4. The smallest absolute Gasteiger partial charge is 0.462 e. The quantitative estimate of drug-likeness (QED) is 0.0169. The van der Waals surface area contributed by atoms with E-state index in [9.17, 15) is 43.2 Å². The lowest BCUT2D eigenvalue weighted by Gasteiger charge is -2.21. The Balaban J connectivity index is 5.40. The fourth-order valence-electron chi connectivity index (χ4n) is 11.0. The second kappa shape index (κ2) is 76.9. The molecule has 3 N–H and O–H groups in total. The summed E-state index contributed by atoms with van der Waals surface area (Å²) in [5, 5.41) is 10.7. The molecule has 17 nitrogen and oxygen atoms in total. The zero-order valence-corrected chi connectivity index (χ0v) is 67.5. The third-order valence-electron chi connectivity index (χ3n) is 17.2. The number of phosphoric ester groups is 2. The van der Waals surface area contributed by atoms with Gasteiger partial charge in [0.15, 0.2) is 12.2 Å². The number of carbonyl (C=O) groups is 4. The maximum Gasteiger partial charge on any atom is 0.472 e. The maximum atomic E-state index is 13.1. The number of hydrogen-bond acceptors (Lipinski definition) is 15. The van der Waals surface area contributed by atoms with Gasteiger partial charge in [0, 0.05) is 25.7 Å². The minimum absolute atomic E-state index is 0.0599. The number of hydrogen-bond donors (Lipinski definition) is 3. The first-order valence-electron chi connectivity index (χ1n) is 41.1. The number of carbonyl (C=O) groups excluding carboxylic acids is 4. The van der Waals surface area contributed by atoms with E-state index in [4.69, 9.17) is 37.0 Å². The third kappa shape index (κ3) is 75.9. The van der Waals surface area contributed by atoms with Crippen molar-refractivity contribution in [2.45, 2.75) is 367 Å². The largest absolute Gasteiger partial charge is 0.472 e. The summed E-state index contributed by atoms with van der Waals surface area (Å²) < 4.78 is 68.7. The number of aliphatic hydroxyl groups is 1. The number of rotatable bonds is 77. The van der Waals surface area contributed by atoms with Crippen LogP contribution in [0.5, 0.6) is 0 Å². The van der Waals surface area contributed by atoms with E-state index >= 15 is 0 Å². The van der Waals surface area contributed by atoms with Crippen LogP contribution in [0.15, 0.2) is 109 Å². The van der Waals surface area contributed by atoms with Crippen molar-refractivity contribution in [2.75, 3.05) is 39.6 Å². The van der Waals surface area contributed by atoms with Crippen molar-refractivity contribution in [2.24, 2.45) is 0 Å². The van der Waals surface area contributed by atoms with Gasteiger partial charge < -0.3 is 33.8 Å². The standard InChI is InChI=1S/C85H148O17P2/c1-5-9-13-17-21-25-29-33-37-39-43-46-50-54-58-62-66-70-83(88)96-76-81(102-85(90)72-68-64-60-56-52-48-44-40-38-34-30-26-22-18-14-10-6-2)78-100-104(93,94)98-74-79(86)73-97-103(91,92)99-77-80(101-84(89)71-67-63-59-55-51-47-42-36-32-28-24-20-16-12-8-4)75-95-82(87)69-65-61-57-53-49-45-41-35-31-27-23-19-15-11-7-3/h9-10,13-14,21-22,25-26,33-35,37-38,41,43-44,46,48,79-81,86H,5-8,11-12,15-20,23-24,27-32,36,39-40,42,45,47,49-78H2,1-4H3,(H,91,92)(H,93,94)/b13-9-,14-10-,25-21-,26-22-,37-33-,38-34-,41-35-,46-43-,48-44-. The van der Waals surface area contributed by atoms with Crippen LogP contribution >= 0.6 is 15.6 Å². The monoisotopic (exact) mass is 1500 g/mol. The van der Waals surface area contributed by atoms with Crippen molar-refractivity contribution in [1.29, 1.82) is 0 Å². The summed E-state index contributed by atoms with van der Waals surface area (Å²) in [7, 11) is -9.97. The van der Waals surface area contributed by atoms with Gasteiger partial charge in [0.05, 0.1) is 26.4 Å². The molecule has 0 aromatic carbocycles. The Bertz CT molecular complexity index is 2390. The topological polar surface area (TPSA) is 237 Å². The summed E-state index contributed by atoms with van der Waals surface area (Å²) in [5.74, 6) is -2.22. The van der Waals surface area contributed by atoms with E-state index in [-0.39, 0.29) is 25.7 Å². The first-order valence-corrected chi connectivity index (χ1v) is 44.1. The molecule has 0 bridgehead atoms. The van der Waals surface area contributed by atoms with E-state index in [1.54, 1.807) is 0 Å². The molecule has 0 heterocycles. The van der Waals surface area contributed by atoms with Gasteiger partial charge in [0.25, 0.3) is 0 Å². The summed E-state index contributed by atoms with van der Waals surface area (Å²) in [6.07, 6.45) is 83.4. The lowest BCUT2D eigenvalue weighted by molar-refractivity contribution is -0.161. The van der Waals surface area contributed by atoms with Crippen molar-refractivity contribution >= 4 is 39.5 Å². The third-order valence-corrected chi connectivity index (χ3v) is 19.1. The van der Waals surface area contributed by atoms with Crippen LogP contribution in [-0.4, -0.2) is 96.7 Å². The highest BCUT2D eigenvalue weighted by Gasteiger charge is 2.30. The average molecular weight is 1500 g/mol. The molecular weight excluding hydrogens is 1350 g/mol. The van der Waals surface area contributed by atoms with Gasteiger partial charge >= 0.3 is 39.5 Å². The molecule has 5 unspecified atom stereocenters. The van der Waals surface area contributed by atoms with Crippen molar-refractivity contribution in [1.82, 2.24) is 0 Å². The van der Waals surface area contributed by atoms with Crippen LogP contribution in [0.4, 0.5) is 0 Å². The lowest BCUT2D eigenvalue weighted by Crippen LogP contribution is -2.30. The minimum Gasteiger partial charge on any atom is -0.462 e. The van der Waals surface area contributed by atoms with Gasteiger partial charge in [-0.1, -0.05) is 304 Å². The molecule has 600 valence electrons. The zero-order valence-electron chi connectivity index (χ0n) is 65.7. The van der Waals surface area contributed by atoms with Crippen LogP contribution in [0.25, 0.3) is 0 Å². The van der Waals surface area contributed by atoms with E-state index in [0.29, 0.717) is 25.7 Å². The molecule has 5 atom stereocenters. The summed E-state index contributed by atoms with van der Waals surface area (Å²) in [6, 6.07) is 0. The van der Waals surface area contributed by atoms with Gasteiger partial charge in [-0.05, 0) is 128 Å². The number of allylic oxidation sites excluding steroid dienone is 18. The van der Waals surface area contributed by atoms with Crippen LogP contribution < -0.4 is 0 Å². The molecule has 19 heteroatoms. The second-order valence-corrected chi connectivity index (χ2v) is 30.2. The van der Waals surface area contributed by atoms with E-state index < -0.39 is 97.5 Å². The van der Waals surface area contributed by atoms with Gasteiger partial charge in [-0.2, -0.15) is 0 Å². The Hall–Kier alpha value is -4.28. The fourth-order valence-corrected chi connectivity index (χ4v) is 12.6. The van der Waals surface area contributed by atoms with Crippen LogP contribution in [0.3, 0.4) is 0 Å². The van der Waals surface area contributed by atoms with Crippen LogP contribution in [0, 0.1) is 0 Å². The van der Waals surface area contributed by atoms with Crippen LogP contribution in [-0.2, 0) is 65.4 Å².